The molecule has 0 fully saturated rings. The molecule has 0 aliphatic carbocycles. The predicted molar refractivity (Wildman–Crippen MR) is 115 cm³/mol. The summed E-state index contributed by atoms with van der Waals surface area (Å²) in [5.74, 6) is -0.931. The lowest BCUT2D eigenvalue weighted by atomic mass is 9.87. The first kappa shape index (κ1) is 22.0. The highest BCUT2D eigenvalue weighted by Crippen LogP contribution is 2.30. The molecule has 0 radical (unpaired) electrons. The molecule has 2 heterocycles. The number of amides is 1. The molecule has 0 saturated heterocycles. The highest BCUT2D eigenvalue weighted by molar-refractivity contribution is 7.91. The fourth-order valence-corrected chi connectivity index (χ4v) is 4.46. The maximum Gasteiger partial charge on any atom is 0.259 e. The second-order valence-electron chi connectivity index (χ2n) is 7.95. The molecule has 1 unspecified atom stereocenters. The van der Waals surface area contributed by atoms with Crippen molar-refractivity contribution < 1.29 is 13.4 Å². The van der Waals surface area contributed by atoms with Crippen LogP contribution in [0.2, 0.25) is 0 Å². The van der Waals surface area contributed by atoms with Crippen LogP contribution in [-0.2, 0) is 28.2 Å². The van der Waals surface area contributed by atoms with Gasteiger partial charge in [0.1, 0.15) is 15.7 Å². The van der Waals surface area contributed by atoms with Crippen LogP contribution in [0.15, 0.2) is 39.9 Å². The lowest BCUT2D eigenvalue weighted by Crippen LogP contribution is -2.17. The van der Waals surface area contributed by atoms with Gasteiger partial charge in [0.25, 0.3) is 5.91 Å². The second kappa shape index (κ2) is 8.23. The fraction of sp³-hybridized carbons (Fsp3) is 0.381. The van der Waals surface area contributed by atoms with Gasteiger partial charge in [-0.2, -0.15) is 5.10 Å². The van der Waals surface area contributed by atoms with Gasteiger partial charge >= 0.3 is 0 Å². The van der Waals surface area contributed by atoms with Crippen LogP contribution in [0.3, 0.4) is 0 Å². The molecular formula is C21H26FN5O2S. The molecule has 9 heteroatoms. The van der Waals surface area contributed by atoms with Gasteiger partial charge in [0.15, 0.2) is 5.65 Å². The van der Waals surface area contributed by atoms with Crippen molar-refractivity contribution in [1.29, 1.82) is 0 Å². The van der Waals surface area contributed by atoms with E-state index in [-0.39, 0.29) is 29.0 Å². The highest BCUT2D eigenvalue weighted by Gasteiger charge is 2.20. The monoisotopic (exact) mass is 431 g/mol. The standard InChI is InChI=1S/C21H26FN5O2S/c1-12(2)17-7-15(22)8-18(13(3)4)19(17)9-20(28)26-30(23,29)16-6-14-10-25-27(5)21(14)24-11-16/h6-8,10-13H,9H2,1-5H3,(H2,23,26,28,29). The maximum atomic E-state index is 14.1. The summed E-state index contributed by atoms with van der Waals surface area (Å²) in [6.45, 7) is 7.74. The molecule has 2 N–H and O–H groups in total. The van der Waals surface area contributed by atoms with Crippen LogP contribution in [0.25, 0.3) is 11.0 Å². The number of rotatable bonds is 5. The quantitative estimate of drug-likeness (QED) is 0.663. The van der Waals surface area contributed by atoms with Gasteiger partial charge in [0, 0.05) is 18.6 Å². The Morgan fingerprint density at radius 1 is 1.17 bits per heavy atom. The molecule has 0 bridgehead atoms. The van der Waals surface area contributed by atoms with Gasteiger partial charge < -0.3 is 0 Å². The second-order valence-corrected chi connectivity index (χ2v) is 9.75. The number of halogens is 1. The van der Waals surface area contributed by atoms with Crippen molar-refractivity contribution in [1.82, 2.24) is 14.8 Å². The summed E-state index contributed by atoms with van der Waals surface area (Å²) in [5.41, 5.74) is 2.80. The van der Waals surface area contributed by atoms with Crippen LogP contribution in [0, 0.1) is 5.82 Å². The molecule has 3 aromatic rings. The van der Waals surface area contributed by atoms with Gasteiger partial charge in [-0.15, -0.1) is 4.36 Å². The van der Waals surface area contributed by atoms with Crippen molar-refractivity contribution in [2.75, 3.05) is 0 Å². The first-order valence-electron chi connectivity index (χ1n) is 9.67. The zero-order valence-corrected chi connectivity index (χ0v) is 18.5. The van der Waals surface area contributed by atoms with Gasteiger partial charge in [0.05, 0.1) is 17.5 Å². The minimum atomic E-state index is -3.48. The number of aryl methyl sites for hydroxylation is 1. The van der Waals surface area contributed by atoms with E-state index in [4.69, 9.17) is 5.14 Å². The number of aromatic nitrogens is 3. The van der Waals surface area contributed by atoms with Crippen molar-refractivity contribution in [2.24, 2.45) is 16.5 Å². The van der Waals surface area contributed by atoms with E-state index >= 15 is 0 Å². The number of nitrogens with two attached hydrogens (primary N) is 1. The SMILES string of the molecule is CC(C)c1cc(F)cc(C(C)C)c1CC(=O)N=S(N)(=O)c1cnc2c(cnn2C)c1. The summed E-state index contributed by atoms with van der Waals surface area (Å²) in [7, 11) is -1.74. The number of pyridine rings is 1. The van der Waals surface area contributed by atoms with Crippen LogP contribution in [-0.4, -0.2) is 24.9 Å². The topological polar surface area (TPSA) is 103 Å². The molecule has 1 aromatic carbocycles. The summed E-state index contributed by atoms with van der Waals surface area (Å²) in [5, 5.41) is 10.7. The Kier molecular flexibility index (Phi) is 6.05. The Morgan fingerprint density at radius 3 is 2.33 bits per heavy atom. The summed E-state index contributed by atoms with van der Waals surface area (Å²) >= 11 is 0. The number of nitrogens with zero attached hydrogens (tertiary/aromatic N) is 4. The van der Waals surface area contributed by atoms with Gasteiger partial charge in [-0.3, -0.25) is 9.48 Å². The van der Waals surface area contributed by atoms with Crippen molar-refractivity contribution in [3.8, 4) is 0 Å². The first-order chi connectivity index (χ1) is 14.0. The lowest BCUT2D eigenvalue weighted by molar-refractivity contribution is -0.117. The Hall–Kier alpha value is -2.65. The molecule has 0 spiro atoms. The molecule has 160 valence electrons. The molecule has 0 saturated carbocycles. The van der Waals surface area contributed by atoms with Gasteiger partial charge in [-0.1, -0.05) is 27.7 Å². The van der Waals surface area contributed by atoms with Gasteiger partial charge in [0.2, 0.25) is 0 Å². The molecule has 0 aliphatic heterocycles. The number of hydrogen-bond acceptors (Lipinski definition) is 4. The van der Waals surface area contributed by atoms with Crippen LogP contribution in [0.5, 0.6) is 0 Å². The van der Waals surface area contributed by atoms with E-state index in [1.807, 2.05) is 27.7 Å². The molecule has 3 rings (SSSR count). The number of fused-ring (bicyclic) bond motifs is 1. The van der Waals surface area contributed by atoms with Crippen LogP contribution >= 0.6 is 0 Å². The zero-order valence-electron chi connectivity index (χ0n) is 17.7. The number of carbonyl (C=O) groups is 1. The van der Waals surface area contributed by atoms with Gasteiger partial charge in [-0.05, 0) is 46.7 Å². The smallest absolute Gasteiger partial charge is 0.259 e. The summed E-state index contributed by atoms with van der Waals surface area (Å²) < 4.78 is 32.5. The Labute approximate surface area is 175 Å². The summed E-state index contributed by atoms with van der Waals surface area (Å²) in [4.78, 5) is 17.1. The third-order valence-electron chi connectivity index (χ3n) is 4.98. The van der Waals surface area contributed by atoms with Crippen molar-refractivity contribution in [3.63, 3.8) is 0 Å². The van der Waals surface area contributed by atoms with Crippen LogP contribution < -0.4 is 5.14 Å². The molecule has 7 nitrogen and oxygen atoms in total. The Balaban J connectivity index is 2.00. The third kappa shape index (κ3) is 4.41. The molecule has 2 aromatic heterocycles. The average molecular weight is 432 g/mol. The van der Waals surface area contributed by atoms with Gasteiger partial charge in [-0.25, -0.2) is 18.7 Å². The highest BCUT2D eigenvalue weighted by atomic mass is 32.2. The Morgan fingerprint density at radius 2 is 1.77 bits per heavy atom. The normalized spacial score (nSPS) is 13.8. The summed E-state index contributed by atoms with van der Waals surface area (Å²) in [6, 6.07) is 4.46. The van der Waals surface area contributed by atoms with Crippen molar-refractivity contribution in [2.45, 2.75) is 50.8 Å². The number of benzene rings is 1. The molecular weight excluding hydrogens is 405 g/mol. The fourth-order valence-electron chi connectivity index (χ4n) is 3.48. The molecule has 1 atom stereocenters. The van der Waals surface area contributed by atoms with Crippen LogP contribution in [0.4, 0.5) is 4.39 Å². The largest absolute Gasteiger partial charge is 0.272 e. The first-order valence-corrected chi connectivity index (χ1v) is 11.2. The van der Waals surface area contributed by atoms with Crippen molar-refractivity contribution >= 4 is 26.9 Å². The Bertz CT molecular complexity index is 1210. The lowest BCUT2D eigenvalue weighted by Gasteiger charge is -2.19. The third-order valence-corrected chi connectivity index (χ3v) is 6.35. The summed E-state index contributed by atoms with van der Waals surface area (Å²) in [6.07, 6.45) is 2.82. The van der Waals surface area contributed by atoms with E-state index < -0.39 is 15.8 Å². The molecule has 0 aliphatic rings. The van der Waals surface area contributed by atoms with E-state index in [9.17, 15) is 13.4 Å². The van der Waals surface area contributed by atoms with Crippen LogP contribution in [0.1, 0.15) is 56.2 Å². The molecule has 30 heavy (non-hydrogen) atoms. The average Bonchev–Trinajstić information content (AvgIpc) is 3.02. The van der Waals surface area contributed by atoms with Crippen molar-refractivity contribution in [3.05, 3.63) is 53.1 Å². The minimum absolute atomic E-state index is 0.0143. The van der Waals surface area contributed by atoms with E-state index in [1.165, 1.54) is 18.3 Å². The maximum absolute atomic E-state index is 14.1. The van der Waals surface area contributed by atoms with E-state index in [2.05, 4.69) is 14.4 Å². The minimum Gasteiger partial charge on any atom is -0.272 e. The molecule has 1 amide bonds. The van der Waals surface area contributed by atoms with E-state index in [1.54, 1.807) is 24.0 Å². The van der Waals surface area contributed by atoms with E-state index in [0.29, 0.717) is 16.6 Å². The van der Waals surface area contributed by atoms with E-state index in [0.717, 1.165) is 11.1 Å². The number of hydrogen-bond donors (Lipinski definition) is 1. The predicted octanol–water partition coefficient (Wildman–Crippen LogP) is 3.82. The number of carbonyl (C=O) groups excluding carboxylic acids is 1. The zero-order chi connectivity index (χ0) is 22.2.